The van der Waals surface area contributed by atoms with Gasteiger partial charge in [-0.15, -0.1) is 0 Å². The molecule has 2 atom stereocenters. The van der Waals surface area contributed by atoms with E-state index in [2.05, 4.69) is 55.3 Å². The Morgan fingerprint density at radius 3 is 2.38 bits per heavy atom. The standard InChI is InChI=1S/C19H30N2/c1-4-15-6-8-16(9-7-15)12-21-13-18(17-10-11-17)20-14-19(21,3)5-2/h6-9,17-18,20H,4-5,10-14H2,1-3H3. The van der Waals surface area contributed by atoms with Gasteiger partial charge in [0.1, 0.15) is 0 Å². The second-order valence-corrected chi connectivity index (χ2v) is 7.23. The maximum atomic E-state index is 3.81. The average Bonchev–Trinajstić information content (AvgIpc) is 3.35. The highest BCUT2D eigenvalue weighted by molar-refractivity contribution is 5.23. The average molecular weight is 286 g/mol. The van der Waals surface area contributed by atoms with E-state index in [4.69, 9.17) is 0 Å². The van der Waals surface area contributed by atoms with E-state index in [-0.39, 0.29) is 0 Å². The van der Waals surface area contributed by atoms with E-state index >= 15 is 0 Å². The maximum Gasteiger partial charge on any atom is 0.0307 e. The Morgan fingerprint density at radius 1 is 1.14 bits per heavy atom. The number of hydrogen-bond acceptors (Lipinski definition) is 2. The predicted octanol–water partition coefficient (Wildman–Crippen LogP) is 3.60. The number of benzene rings is 1. The SMILES string of the molecule is CCc1ccc(CN2CC(C3CC3)NCC2(C)CC)cc1. The normalized spacial score (nSPS) is 30.5. The minimum atomic E-state index is 0.300. The third-order valence-electron chi connectivity index (χ3n) is 5.68. The molecule has 1 aromatic rings. The Balaban J connectivity index is 1.71. The summed E-state index contributed by atoms with van der Waals surface area (Å²) in [6, 6.07) is 9.95. The lowest BCUT2D eigenvalue weighted by Gasteiger charge is -2.48. The van der Waals surface area contributed by atoms with Crippen LogP contribution in [-0.2, 0) is 13.0 Å². The van der Waals surface area contributed by atoms with Crippen LogP contribution < -0.4 is 5.32 Å². The van der Waals surface area contributed by atoms with E-state index in [1.807, 2.05) is 0 Å². The van der Waals surface area contributed by atoms with Crippen LogP contribution in [-0.4, -0.2) is 29.6 Å². The molecule has 0 aromatic heterocycles. The van der Waals surface area contributed by atoms with E-state index in [9.17, 15) is 0 Å². The number of nitrogens with one attached hydrogen (secondary N) is 1. The molecule has 2 fully saturated rings. The largest absolute Gasteiger partial charge is 0.311 e. The zero-order valence-electron chi connectivity index (χ0n) is 13.9. The van der Waals surface area contributed by atoms with Crippen molar-refractivity contribution >= 4 is 0 Å². The van der Waals surface area contributed by atoms with Gasteiger partial charge in [0, 0.05) is 31.2 Å². The molecule has 1 saturated carbocycles. The quantitative estimate of drug-likeness (QED) is 0.889. The van der Waals surface area contributed by atoms with Crippen molar-refractivity contribution in [3.05, 3.63) is 35.4 Å². The topological polar surface area (TPSA) is 15.3 Å². The molecular formula is C19H30N2. The molecule has 2 nitrogen and oxygen atoms in total. The highest BCUT2D eigenvalue weighted by Gasteiger charge is 2.41. The summed E-state index contributed by atoms with van der Waals surface area (Å²) in [5.74, 6) is 0.941. The highest BCUT2D eigenvalue weighted by atomic mass is 15.3. The maximum absolute atomic E-state index is 3.81. The van der Waals surface area contributed by atoms with Crippen LogP contribution in [0.15, 0.2) is 24.3 Å². The van der Waals surface area contributed by atoms with Gasteiger partial charge < -0.3 is 5.32 Å². The second kappa shape index (κ2) is 6.10. The summed E-state index contributed by atoms with van der Waals surface area (Å²) in [5.41, 5.74) is 3.20. The van der Waals surface area contributed by atoms with Crippen LogP contribution in [0, 0.1) is 5.92 Å². The Morgan fingerprint density at radius 2 is 1.81 bits per heavy atom. The summed E-state index contributed by atoms with van der Waals surface area (Å²) < 4.78 is 0. The fourth-order valence-corrected chi connectivity index (χ4v) is 3.50. The first-order chi connectivity index (χ1) is 10.1. The van der Waals surface area contributed by atoms with Crippen molar-refractivity contribution in [2.24, 2.45) is 5.92 Å². The van der Waals surface area contributed by atoms with Crippen molar-refractivity contribution in [3.63, 3.8) is 0 Å². The monoisotopic (exact) mass is 286 g/mol. The van der Waals surface area contributed by atoms with Crippen molar-refractivity contribution < 1.29 is 0 Å². The van der Waals surface area contributed by atoms with Crippen LogP contribution in [0.5, 0.6) is 0 Å². The molecular weight excluding hydrogens is 256 g/mol. The van der Waals surface area contributed by atoms with E-state index in [0.29, 0.717) is 5.54 Å². The molecule has 21 heavy (non-hydrogen) atoms. The molecule has 0 bridgehead atoms. The van der Waals surface area contributed by atoms with E-state index in [0.717, 1.165) is 31.5 Å². The zero-order chi connectivity index (χ0) is 14.9. The molecule has 2 heteroatoms. The summed E-state index contributed by atoms with van der Waals surface area (Å²) in [6.45, 7) is 10.4. The molecule has 1 N–H and O–H groups in total. The van der Waals surface area contributed by atoms with Crippen LogP contribution in [0.1, 0.15) is 51.2 Å². The molecule has 3 rings (SSSR count). The summed E-state index contributed by atoms with van der Waals surface area (Å²) >= 11 is 0. The minimum Gasteiger partial charge on any atom is -0.311 e. The molecule has 2 aliphatic rings. The lowest BCUT2D eigenvalue weighted by molar-refractivity contribution is 0.0369. The van der Waals surface area contributed by atoms with Crippen LogP contribution in [0.25, 0.3) is 0 Å². The third-order valence-corrected chi connectivity index (χ3v) is 5.68. The summed E-state index contributed by atoms with van der Waals surface area (Å²) in [4.78, 5) is 2.73. The minimum absolute atomic E-state index is 0.300. The first-order valence-electron chi connectivity index (χ1n) is 8.71. The Labute approximate surface area is 129 Å². The molecule has 1 aromatic carbocycles. The van der Waals surface area contributed by atoms with E-state index in [1.165, 1.54) is 36.9 Å². The van der Waals surface area contributed by atoms with Crippen molar-refractivity contribution in [2.75, 3.05) is 13.1 Å². The lowest BCUT2D eigenvalue weighted by Crippen LogP contribution is -2.63. The summed E-state index contributed by atoms with van der Waals surface area (Å²) in [5, 5.41) is 3.81. The van der Waals surface area contributed by atoms with Crippen molar-refractivity contribution in [1.82, 2.24) is 10.2 Å². The van der Waals surface area contributed by atoms with Gasteiger partial charge in [0.15, 0.2) is 0 Å². The summed E-state index contributed by atoms with van der Waals surface area (Å²) in [6.07, 6.45) is 5.20. The van der Waals surface area contributed by atoms with Crippen molar-refractivity contribution in [1.29, 1.82) is 0 Å². The molecule has 0 spiro atoms. The fraction of sp³-hybridized carbons (Fsp3) is 0.684. The zero-order valence-corrected chi connectivity index (χ0v) is 13.9. The molecule has 2 unspecified atom stereocenters. The number of piperazine rings is 1. The third kappa shape index (κ3) is 3.32. The van der Waals surface area contributed by atoms with Crippen molar-refractivity contribution in [2.45, 2.75) is 64.6 Å². The number of hydrogen-bond donors (Lipinski definition) is 1. The predicted molar refractivity (Wildman–Crippen MR) is 89.4 cm³/mol. The second-order valence-electron chi connectivity index (χ2n) is 7.23. The van der Waals surface area contributed by atoms with Gasteiger partial charge in [-0.3, -0.25) is 4.90 Å². The molecule has 1 heterocycles. The van der Waals surface area contributed by atoms with E-state index in [1.54, 1.807) is 0 Å². The molecule has 0 radical (unpaired) electrons. The number of rotatable bonds is 5. The van der Waals surface area contributed by atoms with Gasteiger partial charge in [-0.2, -0.15) is 0 Å². The van der Waals surface area contributed by atoms with Crippen LogP contribution in [0.2, 0.25) is 0 Å². The van der Waals surface area contributed by atoms with Crippen molar-refractivity contribution in [3.8, 4) is 0 Å². The fourth-order valence-electron chi connectivity index (χ4n) is 3.50. The summed E-state index contributed by atoms with van der Waals surface area (Å²) in [7, 11) is 0. The highest BCUT2D eigenvalue weighted by Crippen LogP contribution is 2.36. The Hall–Kier alpha value is -0.860. The van der Waals surface area contributed by atoms with E-state index < -0.39 is 0 Å². The van der Waals surface area contributed by atoms with Crippen LogP contribution in [0.4, 0.5) is 0 Å². The van der Waals surface area contributed by atoms with Gasteiger partial charge >= 0.3 is 0 Å². The molecule has 1 aliphatic heterocycles. The number of nitrogens with zero attached hydrogens (tertiary/aromatic N) is 1. The number of aryl methyl sites for hydroxylation is 1. The van der Waals surface area contributed by atoms with Gasteiger partial charge in [-0.1, -0.05) is 38.1 Å². The van der Waals surface area contributed by atoms with Gasteiger partial charge in [0.05, 0.1) is 0 Å². The Bertz CT molecular complexity index is 463. The molecule has 116 valence electrons. The van der Waals surface area contributed by atoms with Crippen LogP contribution in [0.3, 0.4) is 0 Å². The van der Waals surface area contributed by atoms with Gasteiger partial charge in [-0.25, -0.2) is 0 Å². The Kier molecular flexibility index (Phi) is 4.37. The molecule has 0 amide bonds. The van der Waals surface area contributed by atoms with Gasteiger partial charge in [0.25, 0.3) is 0 Å². The lowest BCUT2D eigenvalue weighted by atomic mass is 9.90. The molecule has 1 saturated heterocycles. The van der Waals surface area contributed by atoms with Crippen LogP contribution >= 0.6 is 0 Å². The first-order valence-corrected chi connectivity index (χ1v) is 8.71. The van der Waals surface area contributed by atoms with Gasteiger partial charge in [0.2, 0.25) is 0 Å². The van der Waals surface area contributed by atoms with Gasteiger partial charge in [-0.05, 0) is 49.7 Å². The molecule has 1 aliphatic carbocycles. The first kappa shape index (κ1) is 15.1. The smallest absolute Gasteiger partial charge is 0.0307 e.